The van der Waals surface area contributed by atoms with Gasteiger partial charge in [-0.15, -0.1) is 0 Å². The van der Waals surface area contributed by atoms with Crippen LogP contribution >= 0.6 is 0 Å². The molecule has 0 amide bonds. The van der Waals surface area contributed by atoms with Crippen LogP contribution in [0.3, 0.4) is 0 Å². The van der Waals surface area contributed by atoms with Crippen LogP contribution < -0.4 is 4.72 Å². The topological polar surface area (TPSA) is 180 Å². The standard InChI is InChI=1S/C24H20F3NO10S/c25-24(26,27)15-2-1-3-17(10-15)39(35,36)28-11-16(38-23(34)14-5-7-19(30)21(32)9-14)12-37-22(33)13-4-6-18(29)20(31)8-13/h1-10,16,28-32H,11-12H2. The van der Waals surface area contributed by atoms with E-state index in [2.05, 4.69) is 0 Å². The largest absolute Gasteiger partial charge is 0.504 e. The Kier molecular flexibility index (Phi) is 8.56. The number of aromatic hydroxyl groups is 4. The summed E-state index contributed by atoms with van der Waals surface area (Å²) in [4.78, 5) is 24.2. The van der Waals surface area contributed by atoms with Gasteiger partial charge in [-0.2, -0.15) is 13.2 Å². The highest BCUT2D eigenvalue weighted by atomic mass is 32.2. The fourth-order valence-corrected chi connectivity index (χ4v) is 4.14. The van der Waals surface area contributed by atoms with Gasteiger partial charge >= 0.3 is 18.1 Å². The van der Waals surface area contributed by atoms with E-state index in [1.165, 1.54) is 0 Å². The Balaban J connectivity index is 1.79. The number of carbonyl (C=O) groups is 2. The van der Waals surface area contributed by atoms with Crippen LogP contribution in [0.5, 0.6) is 23.0 Å². The summed E-state index contributed by atoms with van der Waals surface area (Å²) in [6.45, 7) is -1.52. The first-order valence-corrected chi connectivity index (χ1v) is 12.2. The molecule has 0 aliphatic heterocycles. The normalized spacial score (nSPS) is 12.5. The Bertz CT molecular complexity index is 1490. The maximum Gasteiger partial charge on any atom is 0.416 e. The molecule has 0 fully saturated rings. The maximum absolute atomic E-state index is 13.0. The maximum atomic E-state index is 13.0. The van der Waals surface area contributed by atoms with Crippen LogP contribution in [0.1, 0.15) is 26.3 Å². The Labute approximate surface area is 218 Å². The van der Waals surface area contributed by atoms with E-state index in [9.17, 15) is 51.6 Å². The first kappa shape index (κ1) is 29.1. The number of nitrogens with one attached hydrogen (secondary N) is 1. The zero-order valence-electron chi connectivity index (χ0n) is 19.5. The highest BCUT2D eigenvalue weighted by Gasteiger charge is 2.32. The lowest BCUT2D eigenvalue weighted by Gasteiger charge is -2.19. The lowest BCUT2D eigenvalue weighted by Crippen LogP contribution is -2.38. The summed E-state index contributed by atoms with van der Waals surface area (Å²) in [6, 6.07) is 8.79. The molecule has 0 bridgehead atoms. The number of halogens is 3. The number of alkyl halides is 3. The fraction of sp³-hybridized carbons (Fsp3) is 0.167. The van der Waals surface area contributed by atoms with Crippen molar-refractivity contribution in [3.8, 4) is 23.0 Å². The van der Waals surface area contributed by atoms with E-state index in [0.29, 0.717) is 12.1 Å². The second-order valence-electron chi connectivity index (χ2n) is 7.91. The van der Waals surface area contributed by atoms with Gasteiger partial charge < -0.3 is 29.9 Å². The molecule has 1 atom stereocenters. The van der Waals surface area contributed by atoms with Crippen molar-refractivity contribution in [1.29, 1.82) is 0 Å². The van der Waals surface area contributed by atoms with Gasteiger partial charge in [0.1, 0.15) is 12.7 Å². The van der Waals surface area contributed by atoms with E-state index in [0.717, 1.165) is 48.5 Å². The smallest absolute Gasteiger partial charge is 0.416 e. The second-order valence-corrected chi connectivity index (χ2v) is 9.68. The van der Waals surface area contributed by atoms with Gasteiger partial charge in [-0.25, -0.2) is 22.7 Å². The van der Waals surface area contributed by atoms with Crippen molar-refractivity contribution in [1.82, 2.24) is 4.72 Å². The van der Waals surface area contributed by atoms with Crippen molar-refractivity contribution in [3.05, 3.63) is 77.4 Å². The minimum atomic E-state index is -4.81. The summed E-state index contributed by atoms with van der Waals surface area (Å²) in [5, 5.41) is 37.9. The number of carbonyl (C=O) groups excluding carboxylic acids is 2. The Morgan fingerprint density at radius 1 is 0.821 bits per heavy atom. The molecule has 0 heterocycles. The SMILES string of the molecule is O=C(OCC(CNS(=O)(=O)c1cccc(C(F)(F)F)c1)OC(=O)c1ccc(O)c(O)c1)c1ccc(O)c(O)c1. The van der Waals surface area contributed by atoms with E-state index in [-0.39, 0.29) is 11.1 Å². The quantitative estimate of drug-likeness (QED) is 0.189. The lowest BCUT2D eigenvalue weighted by atomic mass is 10.2. The predicted molar refractivity (Wildman–Crippen MR) is 126 cm³/mol. The van der Waals surface area contributed by atoms with Crippen molar-refractivity contribution in [2.24, 2.45) is 0 Å². The summed E-state index contributed by atoms with van der Waals surface area (Å²) in [7, 11) is -4.57. The number of hydrogen-bond acceptors (Lipinski definition) is 10. The second kappa shape index (κ2) is 11.5. The number of phenols is 4. The molecule has 0 saturated heterocycles. The van der Waals surface area contributed by atoms with Gasteiger partial charge in [0.05, 0.1) is 28.1 Å². The molecule has 0 radical (unpaired) electrons. The van der Waals surface area contributed by atoms with Crippen molar-refractivity contribution >= 4 is 22.0 Å². The fourth-order valence-electron chi connectivity index (χ4n) is 3.03. The molecule has 208 valence electrons. The molecule has 1 unspecified atom stereocenters. The van der Waals surface area contributed by atoms with Crippen LogP contribution in [0.2, 0.25) is 0 Å². The summed E-state index contributed by atoms with van der Waals surface area (Å²) in [5.41, 5.74) is -1.71. The zero-order chi connectivity index (χ0) is 29.0. The molecular formula is C24H20F3NO10S. The minimum absolute atomic E-state index is 0.219. The van der Waals surface area contributed by atoms with Gasteiger partial charge in [0.15, 0.2) is 23.0 Å². The highest BCUT2D eigenvalue weighted by Crippen LogP contribution is 2.30. The summed E-state index contributed by atoms with van der Waals surface area (Å²) < 4.78 is 76.5. The number of sulfonamides is 1. The molecule has 39 heavy (non-hydrogen) atoms. The third-order valence-electron chi connectivity index (χ3n) is 5.07. The van der Waals surface area contributed by atoms with E-state index < -0.39 is 80.9 Å². The Morgan fingerprint density at radius 2 is 1.38 bits per heavy atom. The molecule has 3 aromatic carbocycles. The van der Waals surface area contributed by atoms with Gasteiger partial charge in [0.25, 0.3) is 0 Å². The monoisotopic (exact) mass is 571 g/mol. The number of ether oxygens (including phenoxy) is 2. The Hall–Kier alpha value is -4.50. The third-order valence-corrected chi connectivity index (χ3v) is 6.49. The van der Waals surface area contributed by atoms with E-state index in [4.69, 9.17) is 9.47 Å². The van der Waals surface area contributed by atoms with Crippen LogP contribution in [0.4, 0.5) is 13.2 Å². The van der Waals surface area contributed by atoms with Gasteiger partial charge in [-0.1, -0.05) is 6.07 Å². The van der Waals surface area contributed by atoms with Crippen LogP contribution in [0, 0.1) is 0 Å². The van der Waals surface area contributed by atoms with Crippen molar-refractivity contribution in [2.45, 2.75) is 17.2 Å². The van der Waals surface area contributed by atoms with Gasteiger partial charge in [-0.3, -0.25) is 0 Å². The van der Waals surface area contributed by atoms with E-state index >= 15 is 0 Å². The van der Waals surface area contributed by atoms with Crippen LogP contribution in [-0.2, 0) is 25.7 Å². The molecule has 5 N–H and O–H groups in total. The van der Waals surface area contributed by atoms with Crippen LogP contribution in [0.25, 0.3) is 0 Å². The van der Waals surface area contributed by atoms with Crippen LogP contribution in [0.15, 0.2) is 65.6 Å². The molecule has 3 aromatic rings. The molecule has 0 aliphatic carbocycles. The lowest BCUT2D eigenvalue weighted by molar-refractivity contribution is -0.137. The highest BCUT2D eigenvalue weighted by molar-refractivity contribution is 7.89. The predicted octanol–water partition coefficient (Wildman–Crippen LogP) is 2.89. The number of benzene rings is 3. The first-order valence-electron chi connectivity index (χ1n) is 10.8. The number of phenolic OH excluding ortho intramolecular Hbond substituents is 4. The summed E-state index contributed by atoms with van der Waals surface area (Å²) in [5.74, 6) is -4.54. The van der Waals surface area contributed by atoms with Crippen molar-refractivity contribution in [3.63, 3.8) is 0 Å². The molecule has 0 saturated carbocycles. The first-order chi connectivity index (χ1) is 18.2. The van der Waals surface area contributed by atoms with Gasteiger partial charge in [-0.05, 0) is 54.6 Å². The molecule has 0 spiro atoms. The number of rotatable bonds is 9. The number of hydrogen-bond donors (Lipinski definition) is 5. The minimum Gasteiger partial charge on any atom is -0.504 e. The molecule has 0 aliphatic rings. The molecule has 3 rings (SSSR count). The van der Waals surface area contributed by atoms with E-state index in [1.807, 2.05) is 4.72 Å². The Morgan fingerprint density at radius 3 is 1.92 bits per heavy atom. The van der Waals surface area contributed by atoms with Gasteiger partial charge in [0, 0.05) is 0 Å². The average molecular weight is 571 g/mol. The van der Waals surface area contributed by atoms with E-state index in [1.54, 1.807) is 0 Å². The zero-order valence-corrected chi connectivity index (χ0v) is 20.4. The van der Waals surface area contributed by atoms with Gasteiger partial charge in [0.2, 0.25) is 10.0 Å². The van der Waals surface area contributed by atoms with Crippen molar-refractivity contribution in [2.75, 3.05) is 13.2 Å². The molecular weight excluding hydrogens is 551 g/mol. The number of esters is 2. The molecule has 11 nitrogen and oxygen atoms in total. The average Bonchev–Trinajstić information content (AvgIpc) is 2.88. The van der Waals surface area contributed by atoms with Crippen molar-refractivity contribution < 1.29 is 61.1 Å². The third kappa shape index (κ3) is 7.52. The van der Waals surface area contributed by atoms with Crippen LogP contribution in [-0.4, -0.2) is 60.0 Å². The molecule has 15 heteroatoms. The summed E-state index contributed by atoms with van der Waals surface area (Å²) in [6.07, 6.45) is -6.35. The molecule has 0 aromatic heterocycles. The summed E-state index contributed by atoms with van der Waals surface area (Å²) >= 11 is 0.